The molecule has 0 aliphatic heterocycles. The highest BCUT2D eigenvalue weighted by molar-refractivity contribution is 7.99. The number of benzene rings is 1. The van der Waals surface area contributed by atoms with Gasteiger partial charge in [-0.2, -0.15) is 0 Å². The van der Waals surface area contributed by atoms with Crippen molar-refractivity contribution in [3.05, 3.63) is 47.4 Å². The van der Waals surface area contributed by atoms with Gasteiger partial charge in [0.05, 0.1) is 17.8 Å². The molecule has 1 aromatic carbocycles. The number of aliphatic hydroxyl groups excluding tert-OH is 1. The van der Waals surface area contributed by atoms with Gasteiger partial charge in [-0.15, -0.1) is 0 Å². The fourth-order valence-corrected chi connectivity index (χ4v) is 2.46. The molecule has 0 saturated heterocycles. The Balaban J connectivity index is 2.23. The van der Waals surface area contributed by atoms with E-state index in [4.69, 9.17) is 9.52 Å². The zero-order chi connectivity index (χ0) is 11.5. The van der Waals surface area contributed by atoms with Gasteiger partial charge in [-0.3, -0.25) is 0 Å². The van der Waals surface area contributed by atoms with Crippen molar-refractivity contribution >= 4 is 11.8 Å². The van der Waals surface area contributed by atoms with Crippen LogP contribution in [0.5, 0.6) is 0 Å². The van der Waals surface area contributed by atoms with E-state index in [1.807, 2.05) is 32.0 Å². The Bertz CT molecular complexity index is 488. The molecule has 1 N–H and O–H groups in total. The molecule has 0 spiro atoms. The summed E-state index contributed by atoms with van der Waals surface area (Å²) in [6.45, 7) is 4.07. The van der Waals surface area contributed by atoms with E-state index in [1.54, 1.807) is 18.0 Å². The van der Waals surface area contributed by atoms with Crippen molar-refractivity contribution < 1.29 is 9.52 Å². The summed E-state index contributed by atoms with van der Waals surface area (Å²) in [6.07, 6.45) is 1.70. The van der Waals surface area contributed by atoms with Crippen molar-refractivity contribution in [3.8, 4) is 0 Å². The minimum atomic E-state index is 0.0987. The first-order chi connectivity index (χ1) is 7.70. The summed E-state index contributed by atoms with van der Waals surface area (Å²) in [6, 6.07) is 8.04. The topological polar surface area (TPSA) is 33.4 Å². The smallest absolute Gasteiger partial charge is 0.114 e. The van der Waals surface area contributed by atoms with E-state index in [1.165, 1.54) is 4.90 Å². The van der Waals surface area contributed by atoms with E-state index in [2.05, 4.69) is 6.07 Å². The Hall–Kier alpha value is -1.19. The van der Waals surface area contributed by atoms with Crippen LogP contribution in [0.1, 0.15) is 16.9 Å². The summed E-state index contributed by atoms with van der Waals surface area (Å²) in [5.74, 6) is 0.939. The van der Waals surface area contributed by atoms with Crippen molar-refractivity contribution in [2.45, 2.75) is 30.2 Å². The van der Waals surface area contributed by atoms with E-state index in [9.17, 15) is 0 Å². The van der Waals surface area contributed by atoms with Gasteiger partial charge in [0.25, 0.3) is 0 Å². The van der Waals surface area contributed by atoms with Crippen LogP contribution in [-0.4, -0.2) is 5.11 Å². The number of rotatable bonds is 3. The van der Waals surface area contributed by atoms with E-state index in [0.717, 1.165) is 21.8 Å². The normalized spacial score (nSPS) is 10.7. The highest BCUT2D eigenvalue weighted by Gasteiger charge is 2.05. The first kappa shape index (κ1) is 11.3. The maximum absolute atomic E-state index is 9.09. The lowest BCUT2D eigenvalue weighted by molar-refractivity contribution is 0.281. The van der Waals surface area contributed by atoms with E-state index in [-0.39, 0.29) is 6.61 Å². The average molecular weight is 234 g/mol. The van der Waals surface area contributed by atoms with Crippen molar-refractivity contribution in [1.82, 2.24) is 0 Å². The largest absolute Gasteiger partial charge is 0.468 e. The molecule has 16 heavy (non-hydrogen) atoms. The molecule has 2 aromatic rings. The van der Waals surface area contributed by atoms with Crippen LogP contribution in [0, 0.1) is 13.8 Å². The molecule has 0 aliphatic carbocycles. The zero-order valence-corrected chi connectivity index (χ0v) is 10.2. The molecule has 1 aromatic heterocycles. The van der Waals surface area contributed by atoms with E-state index < -0.39 is 0 Å². The minimum absolute atomic E-state index is 0.0987. The monoisotopic (exact) mass is 234 g/mol. The SMILES string of the molecule is Cc1cc(Sc2ccoc2C)ccc1CO. The maximum atomic E-state index is 9.09. The molecule has 0 unspecified atom stereocenters. The van der Waals surface area contributed by atoms with Gasteiger partial charge in [0.2, 0.25) is 0 Å². The highest BCUT2D eigenvalue weighted by Crippen LogP contribution is 2.31. The Kier molecular flexibility index (Phi) is 3.36. The van der Waals surface area contributed by atoms with Crippen LogP contribution >= 0.6 is 11.8 Å². The van der Waals surface area contributed by atoms with Crippen LogP contribution < -0.4 is 0 Å². The number of aliphatic hydroxyl groups is 1. The van der Waals surface area contributed by atoms with Gasteiger partial charge >= 0.3 is 0 Å². The summed E-state index contributed by atoms with van der Waals surface area (Å²) in [5.41, 5.74) is 2.10. The second-order valence-electron chi connectivity index (χ2n) is 3.69. The van der Waals surface area contributed by atoms with Gasteiger partial charge in [0, 0.05) is 4.90 Å². The number of hydrogen-bond acceptors (Lipinski definition) is 3. The lowest BCUT2D eigenvalue weighted by atomic mass is 10.1. The fourth-order valence-electron chi connectivity index (χ4n) is 1.52. The Morgan fingerprint density at radius 3 is 2.62 bits per heavy atom. The Morgan fingerprint density at radius 2 is 2.06 bits per heavy atom. The fraction of sp³-hybridized carbons (Fsp3) is 0.231. The van der Waals surface area contributed by atoms with Crippen molar-refractivity contribution in [3.63, 3.8) is 0 Å². The van der Waals surface area contributed by atoms with Gasteiger partial charge in [-0.1, -0.05) is 17.8 Å². The molecule has 0 amide bonds. The zero-order valence-electron chi connectivity index (χ0n) is 9.36. The Morgan fingerprint density at radius 1 is 1.25 bits per heavy atom. The summed E-state index contributed by atoms with van der Waals surface area (Å²) in [7, 11) is 0. The summed E-state index contributed by atoms with van der Waals surface area (Å²) < 4.78 is 5.25. The quantitative estimate of drug-likeness (QED) is 0.881. The summed E-state index contributed by atoms with van der Waals surface area (Å²) >= 11 is 1.68. The van der Waals surface area contributed by atoms with E-state index in [0.29, 0.717) is 0 Å². The van der Waals surface area contributed by atoms with Crippen LogP contribution in [0.3, 0.4) is 0 Å². The molecule has 84 valence electrons. The molecule has 3 heteroatoms. The minimum Gasteiger partial charge on any atom is -0.468 e. The standard InChI is InChI=1S/C13H14O2S/c1-9-7-12(4-3-11(9)8-14)16-13-5-6-15-10(13)2/h3-7,14H,8H2,1-2H3. The average Bonchev–Trinajstić information content (AvgIpc) is 2.65. The third-order valence-electron chi connectivity index (χ3n) is 2.52. The van der Waals surface area contributed by atoms with E-state index >= 15 is 0 Å². The second-order valence-corrected chi connectivity index (χ2v) is 4.80. The van der Waals surface area contributed by atoms with Crippen molar-refractivity contribution in [2.75, 3.05) is 0 Å². The summed E-state index contributed by atoms with van der Waals surface area (Å²) in [5, 5.41) is 9.09. The predicted octanol–water partition coefficient (Wildman–Crippen LogP) is 3.54. The molecule has 0 saturated carbocycles. The molecular weight excluding hydrogens is 220 g/mol. The first-order valence-electron chi connectivity index (χ1n) is 5.13. The molecule has 0 fully saturated rings. The third kappa shape index (κ3) is 2.31. The molecule has 0 radical (unpaired) electrons. The van der Waals surface area contributed by atoms with Crippen LogP contribution in [0.2, 0.25) is 0 Å². The van der Waals surface area contributed by atoms with Crippen molar-refractivity contribution in [2.24, 2.45) is 0 Å². The lowest BCUT2D eigenvalue weighted by Crippen LogP contribution is -1.88. The van der Waals surface area contributed by atoms with Crippen LogP contribution in [0.15, 0.2) is 44.7 Å². The number of aryl methyl sites for hydroxylation is 2. The van der Waals surface area contributed by atoms with Crippen molar-refractivity contribution in [1.29, 1.82) is 0 Å². The van der Waals surface area contributed by atoms with Gasteiger partial charge in [-0.25, -0.2) is 0 Å². The molecular formula is C13H14O2S. The van der Waals surface area contributed by atoms with Gasteiger partial charge in [0.1, 0.15) is 5.76 Å². The molecule has 0 atom stereocenters. The third-order valence-corrected chi connectivity index (χ3v) is 3.66. The molecule has 2 rings (SSSR count). The maximum Gasteiger partial charge on any atom is 0.114 e. The number of furan rings is 1. The first-order valence-corrected chi connectivity index (χ1v) is 5.94. The molecule has 0 bridgehead atoms. The molecule has 0 aliphatic rings. The van der Waals surface area contributed by atoms with Gasteiger partial charge < -0.3 is 9.52 Å². The lowest BCUT2D eigenvalue weighted by Gasteiger charge is -2.05. The highest BCUT2D eigenvalue weighted by atomic mass is 32.2. The molecule has 1 heterocycles. The van der Waals surface area contributed by atoms with Gasteiger partial charge in [0.15, 0.2) is 0 Å². The number of hydrogen-bond donors (Lipinski definition) is 1. The summed E-state index contributed by atoms with van der Waals surface area (Å²) in [4.78, 5) is 2.30. The second kappa shape index (κ2) is 4.76. The van der Waals surface area contributed by atoms with Gasteiger partial charge in [-0.05, 0) is 43.2 Å². The van der Waals surface area contributed by atoms with Crippen LogP contribution in [0.25, 0.3) is 0 Å². The Labute approximate surface area is 99.3 Å². The van der Waals surface area contributed by atoms with Crippen LogP contribution in [0.4, 0.5) is 0 Å². The predicted molar refractivity (Wildman–Crippen MR) is 64.7 cm³/mol. The van der Waals surface area contributed by atoms with Crippen LogP contribution in [-0.2, 0) is 6.61 Å². The molecule has 2 nitrogen and oxygen atoms in total.